The summed E-state index contributed by atoms with van der Waals surface area (Å²) in [6.07, 6.45) is 3.40. The Morgan fingerprint density at radius 1 is 1.50 bits per heavy atom. The van der Waals surface area contributed by atoms with E-state index in [1.54, 1.807) is 12.4 Å². The summed E-state index contributed by atoms with van der Waals surface area (Å²) >= 11 is 3.27. The van der Waals surface area contributed by atoms with Crippen molar-refractivity contribution in [2.75, 3.05) is 0 Å². The molecule has 2 nitrogen and oxygen atoms in total. The van der Waals surface area contributed by atoms with Crippen LogP contribution < -0.4 is 4.74 Å². The molecule has 0 N–H and O–H groups in total. The summed E-state index contributed by atoms with van der Waals surface area (Å²) in [4.78, 5) is 3.86. The van der Waals surface area contributed by atoms with Crippen LogP contribution in [0.5, 0.6) is 5.75 Å². The van der Waals surface area contributed by atoms with Gasteiger partial charge in [0.15, 0.2) is 5.01 Å². The zero-order chi connectivity index (χ0) is 7.40. The molecule has 10 heavy (non-hydrogen) atoms. The van der Waals surface area contributed by atoms with E-state index in [0.717, 1.165) is 5.75 Å². The Labute approximate surface area is 68.4 Å². The van der Waals surface area contributed by atoms with Crippen LogP contribution in [0.1, 0.15) is 6.92 Å². The molecule has 0 aliphatic carbocycles. The molecule has 0 aliphatic rings. The highest BCUT2D eigenvalue weighted by atomic mass is 79.9. The van der Waals surface area contributed by atoms with Crippen molar-refractivity contribution in [3.63, 3.8) is 0 Å². The summed E-state index contributed by atoms with van der Waals surface area (Å²) in [7, 11) is 0. The van der Waals surface area contributed by atoms with E-state index < -0.39 is 0 Å². The predicted octanol–water partition coefficient (Wildman–Crippen LogP) is 2.20. The second kappa shape index (κ2) is 3.56. The van der Waals surface area contributed by atoms with Crippen LogP contribution >= 0.6 is 15.9 Å². The number of hydrogen-bond donors (Lipinski definition) is 0. The van der Waals surface area contributed by atoms with E-state index in [1.165, 1.54) is 0 Å². The molecule has 1 aromatic rings. The molecule has 0 aliphatic heterocycles. The number of nitrogens with zero attached hydrogens (tertiary/aromatic N) is 1. The molecule has 0 saturated heterocycles. The standard InChI is InChI=1S/C7H8BrNO/c1-6(8)10-7-2-4-9-5-3-7/h2-6H,1H3. The number of aromatic nitrogens is 1. The van der Waals surface area contributed by atoms with Crippen LogP contribution in [0.4, 0.5) is 0 Å². The van der Waals surface area contributed by atoms with Gasteiger partial charge in [0.2, 0.25) is 0 Å². The summed E-state index contributed by atoms with van der Waals surface area (Å²) in [6.45, 7) is 1.92. The van der Waals surface area contributed by atoms with Crippen molar-refractivity contribution in [2.24, 2.45) is 0 Å². The van der Waals surface area contributed by atoms with E-state index in [2.05, 4.69) is 20.9 Å². The van der Waals surface area contributed by atoms with Crippen LogP contribution in [0.2, 0.25) is 0 Å². The fourth-order valence-corrected chi connectivity index (χ4v) is 0.820. The fourth-order valence-electron chi connectivity index (χ4n) is 0.604. The largest absolute Gasteiger partial charge is 0.479 e. The lowest BCUT2D eigenvalue weighted by Crippen LogP contribution is -2.00. The fraction of sp³-hybridized carbons (Fsp3) is 0.286. The highest BCUT2D eigenvalue weighted by molar-refractivity contribution is 9.09. The van der Waals surface area contributed by atoms with Crippen molar-refractivity contribution in [3.05, 3.63) is 24.5 Å². The maximum absolute atomic E-state index is 5.29. The predicted molar refractivity (Wildman–Crippen MR) is 43.3 cm³/mol. The lowest BCUT2D eigenvalue weighted by Gasteiger charge is -2.05. The Morgan fingerprint density at radius 3 is 2.60 bits per heavy atom. The summed E-state index contributed by atoms with van der Waals surface area (Å²) in [5.41, 5.74) is 0. The first-order valence-corrected chi connectivity index (χ1v) is 3.91. The van der Waals surface area contributed by atoms with Gasteiger partial charge in [-0.15, -0.1) is 0 Å². The molecule has 0 aromatic carbocycles. The molecular formula is C7H8BrNO. The highest BCUT2D eigenvalue weighted by Crippen LogP contribution is 2.11. The van der Waals surface area contributed by atoms with Gasteiger partial charge in [-0.05, 0) is 35.0 Å². The van der Waals surface area contributed by atoms with E-state index in [0.29, 0.717) is 0 Å². The quantitative estimate of drug-likeness (QED) is 0.685. The van der Waals surface area contributed by atoms with Crippen molar-refractivity contribution in [2.45, 2.75) is 11.9 Å². The van der Waals surface area contributed by atoms with E-state index >= 15 is 0 Å². The van der Waals surface area contributed by atoms with Crippen molar-refractivity contribution < 1.29 is 4.74 Å². The van der Waals surface area contributed by atoms with Gasteiger partial charge in [-0.25, -0.2) is 0 Å². The Kier molecular flexibility index (Phi) is 2.68. The Balaban J connectivity index is 2.59. The minimum absolute atomic E-state index is 0.0508. The number of pyridine rings is 1. The van der Waals surface area contributed by atoms with Crippen molar-refractivity contribution in [3.8, 4) is 5.75 Å². The van der Waals surface area contributed by atoms with Gasteiger partial charge in [-0.1, -0.05) is 0 Å². The minimum atomic E-state index is 0.0508. The van der Waals surface area contributed by atoms with Gasteiger partial charge in [0.05, 0.1) is 0 Å². The summed E-state index contributed by atoms with van der Waals surface area (Å²) < 4.78 is 5.29. The number of hydrogen-bond acceptors (Lipinski definition) is 2. The smallest absolute Gasteiger partial charge is 0.150 e. The first kappa shape index (κ1) is 7.54. The second-order valence-electron chi connectivity index (χ2n) is 1.84. The summed E-state index contributed by atoms with van der Waals surface area (Å²) in [6, 6.07) is 3.63. The highest BCUT2D eigenvalue weighted by Gasteiger charge is 1.95. The third kappa shape index (κ3) is 2.35. The molecular weight excluding hydrogens is 194 g/mol. The maximum Gasteiger partial charge on any atom is 0.150 e. The molecule has 0 radical (unpaired) electrons. The lowest BCUT2D eigenvalue weighted by molar-refractivity contribution is 0.314. The number of alkyl halides is 1. The number of halogens is 1. The lowest BCUT2D eigenvalue weighted by atomic mass is 10.5. The summed E-state index contributed by atoms with van der Waals surface area (Å²) in [5, 5.41) is 0.0508. The molecule has 0 fully saturated rings. The number of rotatable bonds is 2. The third-order valence-corrected chi connectivity index (χ3v) is 1.14. The van der Waals surface area contributed by atoms with E-state index in [4.69, 9.17) is 4.74 Å². The zero-order valence-electron chi connectivity index (χ0n) is 5.62. The summed E-state index contributed by atoms with van der Waals surface area (Å²) in [5.74, 6) is 0.833. The van der Waals surface area contributed by atoms with Crippen LogP contribution in [0.15, 0.2) is 24.5 Å². The molecule has 0 bridgehead atoms. The molecule has 3 heteroatoms. The van der Waals surface area contributed by atoms with Crippen LogP contribution in [0, 0.1) is 0 Å². The van der Waals surface area contributed by atoms with Gasteiger partial charge in [0, 0.05) is 12.4 Å². The monoisotopic (exact) mass is 201 g/mol. The van der Waals surface area contributed by atoms with Crippen molar-refractivity contribution >= 4 is 15.9 Å². The Hall–Kier alpha value is -0.570. The molecule has 1 rings (SSSR count). The van der Waals surface area contributed by atoms with E-state index in [9.17, 15) is 0 Å². The first-order chi connectivity index (χ1) is 4.79. The van der Waals surface area contributed by atoms with Crippen LogP contribution in [-0.4, -0.2) is 10.00 Å². The van der Waals surface area contributed by atoms with Gasteiger partial charge >= 0.3 is 0 Å². The normalized spacial score (nSPS) is 12.6. The van der Waals surface area contributed by atoms with E-state index in [-0.39, 0.29) is 5.01 Å². The van der Waals surface area contributed by atoms with Gasteiger partial charge in [-0.2, -0.15) is 0 Å². The molecule has 0 saturated carbocycles. The second-order valence-corrected chi connectivity index (χ2v) is 3.13. The average Bonchev–Trinajstić information content (AvgIpc) is 1.88. The topological polar surface area (TPSA) is 22.1 Å². The molecule has 54 valence electrons. The van der Waals surface area contributed by atoms with Gasteiger partial charge in [0.25, 0.3) is 0 Å². The molecule has 0 spiro atoms. The van der Waals surface area contributed by atoms with Crippen LogP contribution in [0.3, 0.4) is 0 Å². The Bertz CT molecular complexity index is 188. The molecule has 1 heterocycles. The first-order valence-electron chi connectivity index (χ1n) is 3.00. The van der Waals surface area contributed by atoms with Gasteiger partial charge in [-0.3, -0.25) is 4.98 Å². The van der Waals surface area contributed by atoms with Crippen LogP contribution in [-0.2, 0) is 0 Å². The maximum atomic E-state index is 5.29. The van der Waals surface area contributed by atoms with Crippen LogP contribution in [0.25, 0.3) is 0 Å². The Morgan fingerprint density at radius 2 is 2.10 bits per heavy atom. The van der Waals surface area contributed by atoms with Gasteiger partial charge in [0.1, 0.15) is 5.75 Å². The molecule has 1 unspecified atom stereocenters. The zero-order valence-corrected chi connectivity index (χ0v) is 7.21. The SMILES string of the molecule is CC(Br)Oc1ccncc1. The minimum Gasteiger partial charge on any atom is -0.479 e. The molecule has 1 atom stereocenters. The average molecular weight is 202 g/mol. The van der Waals surface area contributed by atoms with E-state index in [1.807, 2.05) is 19.1 Å². The van der Waals surface area contributed by atoms with Crippen molar-refractivity contribution in [1.29, 1.82) is 0 Å². The molecule has 0 amide bonds. The van der Waals surface area contributed by atoms with Crippen molar-refractivity contribution in [1.82, 2.24) is 4.98 Å². The number of ether oxygens (including phenoxy) is 1. The molecule has 1 aromatic heterocycles. The third-order valence-electron chi connectivity index (χ3n) is 0.948. The van der Waals surface area contributed by atoms with Gasteiger partial charge < -0.3 is 4.74 Å².